The molecule has 1 unspecified atom stereocenters. The summed E-state index contributed by atoms with van der Waals surface area (Å²) < 4.78 is 0. The summed E-state index contributed by atoms with van der Waals surface area (Å²) >= 11 is 0. The van der Waals surface area contributed by atoms with Crippen molar-refractivity contribution in [2.24, 2.45) is 5.73 Å². The molecule has 4 nitrogen and oxygen atoms in total. The van der Waals surface area contributed by atoms with Crippen LogP contribution >= 0.6 is 0 Å². The quantitative estimate of drug-likeness (QED) is 0.619. The molecule has 3 N–H and O–H groups in total. The largest absolute Gasteiger partial charge is 0.370 e. The van der Waals surface area contributed by atoms with Gasteiger partial charge >= 0.3 is 0 Å². The minimum absolute atomic E-state index is 0.124. The lowest BCUT2D eigenvalue weighted by Crippen LogP contribution is -2.25. The smallest absolute Gasteiger partial charge is 0.220 e. The Morgan fingerprint density at radius 3 is 2.92 bits per heavy atom. The van der Waals surface area contributed by atoms with Crippen LogP contribution in [0.1, 0.15) is 32.1 Å². The zero-order valence-electron chi connectivity index (χ0n) is 7.01. The second-order valence-electron chi connectivity index (χ2n) is 3.16. The maximum Gasteiger partial charge on any atom is 0.220 e. The molecule has 12 heavy (non-hydrogen) atoms. The summed E-state index contributed by atoms with van der Waals surface area (Å²) in [6.45, 7) is 0. The molecule has 0 aromatic rings. The Bertz CT molecular complexity index is 191. The van der Waals surface area contributed by atoms with Crippen molar-refractivity contribution in [1.29, 1.82) is 0 Å². The van der Waals surface area contributed by atoms with E-state index in [0.29, 0.717) is 12.8 Å². The van der Waals surface area contributed by atoms with Gasteiger partial charge in [-0.1, -0.05) is 0 Å². The Labute approximate surface area is 71.5 Å². The molecule has 0 bridgehead atoms. The first-order valence-electron chi connectivity index (χ1n) is 4.26. The summed E-state index contributed by atoms with van der Waals surface area (Å²) in [5.74, 6) is -0.140. The summed E-state index contributed by atoms with van der Waals surface area (Å²) in [7, 11) is 0. The van der Waals surface area contributed by atoms with Gasteiger partial charge in [-0.15, -0.1) is 0 Å². The lowest BCUT2D eigenvalue weighted by Gasteiger charge is -2.07. The lowest BCUT2D eigenvalue weighted by molar-refractivity contribution is -0.119. The molecule has 0 aliphatic carbocycles. The van der Waals surface area contributed by atoms with E-state index < -0.39 is 0 Å². The first-order valence-corrected chi connectivity index (χ1v) is 4.26. The number of nitrogens with one attached hydrogen (secondary N) is 1. The molecule has 0 spiro atoms. The number of carbonyl (C=O) groups excluding carboxylic acids is 2. The van der Waals surface area contributed by atoms with Gasteiger partial charge in [-0.25, -0.2) is 0 Å². The van der Waals surface area contributed by atoms with Gasteiger partial charge in [-0.3, -0.25) is 9.59 Å². The van der Waals surface area contributed by atoms with Crippen molar-refractivity contribution >= 4 is 11.8 Å². The van der Waals surface area contributed by atoms with E-state index >= 15 is 0 Å². The summed E-state index contributed by atoms with van der Waals surface area (Å²) in [6, 6.07) is 0.275. The van der Waals surface area contributed by atoms with Crippen LogP contribution in [0.2, 0.25) is 0 Å². The molecular formula is C8H14N2O2. The molecule has 4 heteroatoms. The normalized spacial score (nSPS) is 22.3. The number of rotatable bonds is 4. The highest BCUT2D eigenvalue weighted by Crippen LogP contribution is 2.12. The summed E-state index contributed by atoms with van der Waals surface area (Å²) in [6.07, 6.45) is 3.60. The van der Waals surface area contributed by atoms with Crippen LogP contribution in [0.25, 0.3) is 0 Å². The number of carbonyl (C=O) groups is 2. The van der Waals surface area contributed by atoms with Crippen molar-refractivity contribution in [3.63, 3.8) is 0 Å². The van der Waals surface area contributed by atoms with Gasteiger partial charge in [0.1, 0.15) is 0 Å². The fraction of sp³-hybridized carbons (Fsp3) is 0.750. The predicted octanol–water partition coefficient (Wildman–Crippen LogP) is -0.0794. The van der Waals surface area contributed by atoms with Crippen molar-refractivity contribution in [3.05, 3.63) is 0 Å². The van der Waals surface area contributed by atoms with Crippen LogP contribution < -0.4 is 11.1 Å². The zero-order chi connectivity index (χ0) is 8.97. The highest BCUT2D eigenvalue weighted by molar-refractivity contribution is 5.78. The van der Waals surface area contributed by atoms with E-state index in [1.54, 1.807) is 0 Å². The predicted molar refractivity (Wildman–Crippen MR) is 44.2 cm³/mol. The van der Waals surface area contributed by atoms with Gasteiger partial charge in [-0.05, 0) is 19.3 Å². The fourth-order valence-corrected chi connectivity index (χ4v) is 1.42. The molecule has 0 aromatic heterocycles. The second kappa shape index (κ2) is 4.09. The molecule has 1 heterocycles. The summed E-state index contributed by atoms with van der Waals surface area (Å²) in [5, 5.41) is 2.84. The van der Waals surface area contributed by atoms with Crippen LogP contribution in [-0.2, 0) is 9.59 Å². The Morgan fingerprint density at radius 1 is 1.67 bits per heavy atom. The molecule has 1 atom stereocenters. The molecule has 68 valence electrons. The SMILES string of the molecule is NC(=O)CCCC1CCC(=O)N1. The fourth-order valence-electron chi connectivity index (χ4n) is 1.42. The van der Waals surface area contributed by atoms with Crippen molar-refractivity contribution in [1.82, 2.24) is 5.32 Å². The molecule has 1 fully saturated rings. The first kappa shape index (κ1) is 9.03. The first-order chi connectivity index (χ1) is 5.68. The van der Waals surface area contributed by atoms with E-state index in [-0.39, 0.29) is 17.9 Å². The Kier molecular flexibility index (Phi) is 3.08. The Balaban J connectivity index is 2.08. The average Bonchev–Trinajstić information content (AvgIpc) is 2.35. The van der Waals surface area contributed by atoms with Gasteiger partial charge in [0.05, 0.1) is 0 Å². The minimum Gasteiger partial charge on any atom is -0.370 e. The average molecular weight is 170 g/mol. The van der Waals surface area contributed by atoms with Gasteiger partial charge < -0.3 is 11.1 Å². The molecule has 1 aliphatic heterocycles. The third-order valence-electron chi connectivity index (χ3n) is 2.06. The minimum atomic E-state index is -0.265. The number of primary amides is 1. The molecule has 1 aliphatic rings. The third kappa shape index (κ3) is 2.90. The number of hydrogen-bond acceptors (Lipinski definition) is 2. The molecule has 0 saturated carbocycles. The Hall–Kier alpha value is -1.06. The van der Waals surface area contributed by atoms with Crippen molar-refractivity contribution in [2.45, 2.75) is 38.1 Å². The van der Waals surface area contributed by atoms with Crippen LogP contribution in [0.4, 0.5) is 0 Å². The van der Waals surface area contributed by atoms with Gasteiger partial charge in [0.15, 0.2) is 0 Å². The molecule has 1 saturated heterocycles. The summed E-state index contributed by atoms with van der Waals surface area (Å²) in [4.78, 5) is 21.1. The van der Waals surface area contributed by atoms with E-state index in [9.17, 15) is 9.59 Å². The maximum absolute atomic E-state index is 10.7. The van der Waals surface area contributed by atoms with Gasteiger partial charge in [0, 0.05) is 18.9 Å². The van der Waals surface area contributed by atoms with Crippen molar-refractivity contribution < 1.29 is 9.59 Å². The van der Waals surface area contributed by atoms with Crippen molar-refractivity contribution in [3.8, 4) is 0 Å². The highest BCUT2D eigenvalue weighted by Gasteiger charge is 2.19. The van der Waals surface area contributed by atoms with Crippen LogP contribution in [0.5, 0.6) is 0 Å². The van der Waals surface area contributed by atoms with Crippen LogP contribution in [0.15, 0.2) is 0 Å². The van der Waals surface area contributed by atoms with Crippen LogP contribution in [-0.4, -0.2) is 17.9 Å². The van der Waals surface area contributed by atoms with E-state index in [4.69, 9.17) is 5.73 Å². The van der Waals surface area contributed by atoms with Gasteiger partial charge in [0.2, 0.25) is 11.8 Å². The van der Waals surface area contributed by atoms with Crippen LogP contribution in [0, 0.1) is 0 Å². The van der Waals surface area contributed by atoms with Gasteiger partial charge in [0.25, 0.3) is 0 Å². The van der Waals surface area contributed by atoms with E-state index in [0.717, 1.165) is 19.3 Å². The lowest BCUT2D eigenvalue weighted by atomic mass is 10.1. The monoisotopic (exact) mass is 170 g/mol. The highest BCUT2D eigenvalue weighted by atomic mass is 16.2. The maximum atomic E-state index is 10.7. The van der Waals surface area contributed by atoms with Crippen molar-refractivity contribution in [2.75, 3.05) is 0 Å². The molecule has 1 rings (SSSR count). The number of hydrogen-bond donors (Lipinski definition) is 2. The third-order valence-corrected chi connectivity index (χ3v) is 2.06. The van der Waals surface area contributed by atoms with E-state index in [1.165, 1.54) is 0 Å². The molecule has 2 amide bonds. The van der Waals surface area contributed by atoms with Gasteiger partial charge in [-0.2, -0.15) is 0 Å². The van der Waals surface area contributed by atoms with E-state index in [2.05, 4.69) is 5.32 Å². The molecule has 0 radical (unpaired) electrons. The topological polar surface area (TPSA) is 72.2 Å². The summed E-state index contributed by atoms with van der Waals surface area (Å²) in [5.41, 5.74) is 4.98. The molecule has 0 aromatic carbocycles. The standard InChI is InChI=1S/C8H14N2O2/c9-7(11)3-1-2-6-4-5-8(12)10-6/h6H,1-5H2,(H2,9,11)(H,10,12). The van der Waals surface area contributed by atoms with E-state index in [1.807, 2.05) is 0 Å². The number of nitrogens with two attached hydrogens (primary N) is 1. The second-order valence-corrected chi connectivity index (χ2v) is 3.16. The Morgan fingerprint density at radius 2 is 2.42 bits per heavy atom. The van der Waals surface area contributed by atoms with Crippen LogP contribution in [0.3, 0.4) is 0 Å². The number of amides is 2. The molecular weight excluding hydrogens is 156 g/mol. The zero-order valence-corrected chi connectivity index (χ0v) is 7.01.